The number of hydrogen-bond donors (Lipinski definition) is 1. The first-order valence-electron chi connectivity index (χ1n) is 11.2. The van der Waals surface area contributed by atoms with Crippen molar-refractivity contribution in [1.82, 2.24) is 34.9 Å². The molecular weight excluding hydrogens is 412 g/mol. The van der Waals surface area contributed by atoms with E-state index in [0.29, 0.717) is 32.6 Å². The second-order valence-corrected chi connectivity index (χ2v) is 9.01. The van der Waals surface area contributed by atoms with Crippen LogP contribution < -0.4 is 10.2 Å². The zero-order chi connectivity index (χ0) is 22.5. The van der Waals surface area contributed by atoms with Crippen LogP contribution in [0.25, 0.3) is 11.0 Å². The van der Waals surface area contributed by atoms with Gasteiger partial charge >= 0.3 is 6.03 Å². The maximum atomic E-state index is 13.1. The number of rotatable bonds is 3. The van der Waals surface area contributed by atoms with E-state index in [1.807, 2.05) is 14.0 Å². The second-order valence-electron chi connectivity index (χ2n) is 9.01. The Kier molecular flexibility index (Phi) is 4.98. The van der Waals surface area contributed by atoms with Crippen LogP contribution in [0.4, 0.5) is 10.6 Å². The number of imide groups is 1. The number of nitrogens with one attached hydrogen (secondary N) is 1. The molecule has 4 heterocycles. The average Bonchev–Trinajstić information content (AvgIpc) is 3.29. The quantitative estimate of drug-likeness (QED) is 0.691. The lowest BCUT2D eigenvalue weighted by Gasteiger charge is -2.37. The van der Waals surface area contributed by atoms with E-state index >= 15 is 0 Å². The number of fused-ring (bicyclic) bond motifs is 1. The number of aryl methyl sites for hydroxylation is 1. The summed E-state index contributed by atoms with van der Waals surface area (Å²) in [5, 5.41) is 8.04. The minimum absolute atomic E-state index is 0.0773. The third-order valence-corrected chi connectivity index (χ3v) is 7.24. The normalized spacial score (nSPS) is 26.3. The summed E-state index contributed by atoms with van der Waals surface area (Å²) in [4.78, 5) is 52.3. The number of aromatic nitrogens is 4. The summed E-state index contributed by atoms with van der Waals surface area (Å²) >= 11 is 0. The molecule has 2 aliphatic heterocycles. The lowest BCUT2D eigenvalue weighted by Crippen LogP contribution is -2.55. The number of amides is 4. The Morgan fingerprint density at radius 2 is 1.97 bits per heavy atom. The summed E-state index contributed by atoms with van der Waals surface area (Å²) < 4.78 is 1.71. The highest BCUT2D eigenvalue weighted by molar-refractivity contribution is 6.09. The van der Waals surface area contributed by atoms with Crippen molar-refractivity contribution in [1.29, 1.82) is 0 Å². The zero-order valence-electron chi connectivity index (χ0n) is 18.5. The molecule has 1 aliphatic carbocycles. The van der Waals surface area contributed by atoms with Crippen LogP contribution in [0.2, 0.25) is 0 Å². The van der Waals surface area contributed by atoms with Gasteiger partial charge in [0.25, 0.3) is 5.91 Å². The average molecular weight is 441 g/mol. The molecule has 2 unspecified atom stereocenters. The molecule has 0 aromatic carbocycles. The topological polar surface area (TPSA) is 117 Å². The van der Waals surface area contributed by atoms with Crippen LogP contribution in [0.1, 0.15) is 32.6 Å². The number of piperazine rings is 1. The van der Waals surface area contributed by atoms with Crippen LogP contribution in [0.3, 0.4) is 0 Å². The Bertz CT molecular complexity index is 1080. The van der Waals surface area contributed by atoms with E-state index in [4.69, 9.17) is 0 Å². The van der Waals surface area contributed by atoms with Crippen molar-refractivity contribution in [2.75, 3.05) is 37.6 Å². The van der Waals surface area contributed by atoms with Crippen LogP contribution in [0, 0.1) is 5.92 Å². The predicted molar refractivity (Wildman–Crippen MR) is 116 cm³/mol. The van der Waals surface area contributed by atoms with Crippen LogP contribution in [0.15, 0.2) is 12.5 Å². The Labute approximate surface area is 185 Å². The molecule has 1 N–H and O–H groups in total. The highest BCUT2D eigenvalue weighted by atomic mass is 16.2. The molecule has 1 saturated carbocycles. The minimum Gasteiger partial charge on any atom is -0.352 e. The van der Waals surface area contributed by atoms with Gasteiger partial charge < -0.3 is 15.1 Å². The third-order valence-electron chi connectivity index (χ3n) is 7.24. The van der Waals surface area contributed by atoms with Crippen molar-refractivity contribution in [2.24, 2.45) is 13.0 Å². The van der Waals surface area contributed by atoms with Gasteiger partial charge in [-0.2, -0.15) is 5.10 Å². The van der Waals surface area contributed by atoms with Gasteiger partial charge in [0.15, 0.2) is 5.65 Å². The minimum atomic E-state index is -0.837. The fraction of sp³-hybridized carbons (Fsp3) is 0.619. The van der Waals surface area contributed by atoms with E-state index < -0.39 is 11.6 Å². The molecule has 5 rings (SSSR count). The molecule has 2 aromatic rings. The molecule has 1 spiro atoms. The van der Waals surface area contributed by atoms with Gasteiger partial charge in [0.1, 0.15) is 24.2 Å². The molecule has 2 aromatic heterocycles. The Balaban J connectivity index is 1.23. The summed E-state index contributed by atoms with van der Waals surface area (Å²) in [5.41, 5.74) is -0.0749. The molecule has 4 amide bonds. The van der Waals surface area contributed by atoms with Crippen molar-refractivity contribution < 1.29 is 14.4 Å². The van der Waals surface area contributed by atoms with Gasteiger partial charge in [0, 0.05) is 33.2 Å². The van der Waals surface area contributed by atoms with Crippen molar-refractivity contribution in [2.45, 2.75) is 38.1 Å². The van der Waals surface area contributed by atoms with E-state index in [2.05, 4.69) is 25.3 Å². The molecular formula is C21H28N8O3. The highest BCUT2D eigenvalue weighted by Crippen LogP contribution is 2.38. The molecule has 11 heteroatoms. The van der Waals surface area contributed by atoms with Crippen LogP contribution in [-0.2, 0) is 16.6 Å². The highest BCUT2D eigenvalue weighted by Gasteiger charge is 2.55. The van der Waals surface area contributed by atoms with Gasteiger partial charge in [-0.15, -0.1) is 0 Å². The van der Waals surface area contributed by atoms with Crippen LogP contribution in [-0.4, -0.2) is 85.7 Å². The number of carbonyl (C=O) groups is 3. The fourth-order valence-corrected chi connectivity index (χ4v) is 5.24. The smallest absolute Gasteiger partial charge is 0.325 e. The van der Waals surface area contributed by atoms with Crippen LogP contribution >= 0.6 is 0 Å². The molecule has 2 atom stereocenters. The summed E-state index contributed by atoms with van der Waals surface area (Å²) in [5.74, 6) is 0.426. The maximum Gasteiger partial charge on any atom is 0.325 e. The van der Waals surface area contributed by atoms with E-state index in [0.717, 1.165) is 41.0 Å². The fourth-order valence-electron chi connectivity index (χ4n) is 5.24. The second kappa shape index (κ2) is 7.72. The van der Waals surface area contributed by atoms with E-state index in [9.17, 15) is 14.4 Å². The van der Waals surface area contributed by atoms with Crippen molar-refractivity contribution in [3.63, 3.8) is 0 Å². The molecule has 170 valence electrons. The largest absolute Gasteiger partial charge is 0.352 e. The first-order chi connectivity index (χ1) is 15.4. The molecule has 2 saturated heterocycles. The molecule has 0 bridgehead atoms. The lowest BCUT2D eigenvalue weighted by atomic mass is 9.73. The van der Waals surface area contributed by atoms with E-state index in [-0.39, 0.29) is 24.3 Å². The number of anilines is 1. The SMILES string of the molecule is CC1CCCCC12NC(=O)N(CC(=O)N1CCN(c3ncnc4c3cnn4C)CC1)C2=O. The third kappa shape index (κ3) is 3.18. The van der Waals surface area contributed by atoms with Crippen LogP contribution in [0.5, 0.6) is 0 Å². The molecule has 3 aliphatic rings. The predicted octanol–water partition coefficient (Wildman–Crippen LogP) is 0.513. The van der Waals surface area contributed by atoms with Gasteiger partial charge in [0.2, 0.25) is 5.91 Å². The monoisotopic (exact) mass is 440 g/mol. The Hall–Kier alpha value is -3.24. The molecule has 3 fully saturated rings. The number of hydrogen-bond acceptors (Lipinski definition) is 7. The van der Waals surface area contributed by atoms with Gasteiger partial charge in [-0.25, -0.2) is 14.8 Å². The van der Waals surface area contributed by atoms with Gasteiger partial charge in [-0.05, 0) is 18.8 Å². The summed E-state index contributed by atoms with van der Waals surface area (Å²) in [6, 6.07) is -0.448. The number of carbonyl (C=O) groups excluding carboxylic acids is 3. The van der Waals surface area contributed by atoms with Crippen molar-refractivity contribution in [3.8, 4) is 0 Å². The molecule has 32 heavy (non-hydrogen) atoms. The van der Waals surface area contributed by atoms with Crippen molar-refractivity contribution in [3.05, 3.63) is 12.5 Å². The standard InChI is InChI=1S/C21H28N8O3/c1-14-5-3-4-6-21(14)19(31)29(20(32)25-21)12-16(30)27-7-9-28(10-8-27)18-15-11-24-26(2)17(15)22-13-23-18/h11,13-14H,3-10,12H2,1-2H3,(H,25,32). The van der Waals surface area contributed by atoms with Gasteiger partial charge in [-0.3, -0.25) is 19.2 Å². The first-order valence-corrected chi connectivity index (χ1v) is 11.2. The lowest BCUT2D eigenvalue weighted by molar-refractivity contribution is -0.140. The molecule has 11 nitrogen and oxygen atoms in total. The van der Waals surface area contributed by atoms with E-state index in [1.165, 1.54) is 6.33 Å². The number of urea groups is 1. The summed E-state index contributed by atoms with van der Waals surface area (Å²) in [6.07, 6.45) is 6.80. The summed E-state index contributed by atoms with van der Waals surface area (Å²) in [7, 11) is 1.84. The first kappa shape index (κ1) is 20.7. The summed E-state index contributed by atoms with van der Waals surface area (Å²) in [6.45, 7) is 4.00. The number of nitrogens with zero attached hydrogens (tertiary/aromatic N) is 7. The van der Waals surface area contributed by atoms with E-state index in [1.54, 1.807) is 15.8 Å². The zero-order valence-corrected chi connectivity index (χ0v) is 18.5. The maximum absolute atomic E-state index is 13.1. The Morgan fingerprint density at radius 3 is 2.72 bits per heavy atom. The van der Waals surface area contributed by atoms with Crippen molar-refractivity contribution >= 4 is 34.7 Å². The Morgan fingerprint density at radius 1 is 1.19 bits per heavy atom. The van der Waals surface area contributed by atoms with Gasteiger partial charge in [-0.1, -0.05) is 19.8 Å². The molecule has 0 radical (unpaired) electrons. The van der Waals surface area contributed by atoms with Gasteiger partial charge in [0.05, 0.1) is 11.6 Å².